The number of rotatable bonds is 21. The summed E-state index contributed by atoms with van der Waals surface area (Å²) in [6.07, 6.45) is -9.93. The van der Waals surface area contributed by atoms with E-state index in [0.717, 1.165) is 0 Å². The van der Waals surface area contributed by atoms with Crippen LogP contribution in [0.5, 0.6) is 0 Å². The Labute approximate surface area is 637 Å². The first kappa shape index (κ1) is 103. The number of carbonyl (C=O) groups excluding carboxylic acids is 8. The number of aliphatic hydroxyl groups excluding tert-OH is 7. The quantitative estimate of drug-likeness (QED) is 0.0159. The van der Waals surface area contributed by atoms with Crippen molar-refractivity contribution in [3.63, 3.8) is 0 Å². The van der Waals surface area contributed by atoms with Gasteiger partial charge >= 0.3 is 63.4 Å². The highest BCUT2D eigenvalue weighted by atomic mass is 32.2. The van der Waals surface area contributed by atoms with Crippen LogP contribution < -0.4 is 0 Å². The third-order valence-electron chi connectivity index (χ3n) is 18.0. The van der Waals surface area contributed by atoms with Gasteiger partial charge in [-0.3, -0.25) is 28.8 Å². The fourth-order valence-corrected chi connectivity index (χ4v) is 13.7. The smallest absolute Gasteiger partial charge is 0.463 e. The first-order valence-electron chi connectivity index (χ1n) is 35.4. The fourth-order valence-electron chi connectivity index (χ4n) is 10.7. The van der Waals surface area contributed by atoms with Gasteiger partial charge in [0.15, 0.2) is 24.8 Å². The predicted molar refractivity (Wildman–Crippen MR) is 380 cm³/mol. The summed E-state index contributed by atoms with van der Waals surface area (Å²) in [6, 6.07) is 0.0681. The third kappa shape index (κ3) is 37.2. The number of fused-ring (bicyclic) bond motifs is 1. The monoisotopic (exact) mass is 1620 g/mol. The molecule has 6 aliphatic heterocycles. The van der Waals surface area contributed by atoms with Crippen molar-refractivity contribution in [2.75, 3.05) is 59.5 Å². The molecule has 0 spiro atoms. The first-order valence-corrected chi connectivity index (χ1v) is 40.2. The maximum Gasteiger partial charge on any atom is 0.522 e. The molecule has 0 aromatic heterocycles. The van der Waals surface area contributed by atoms with E-state index in [9.17, 15) is 80.4 Å². The van der Waals surface area contributed by atoms with Gasteiger partial charge in [-0.15, -0.1) is 0 Å². The standard InChI is InChI=1S/C17H28O6.C13H22O7.C13H22O5.C12H19NO4.C7H14O5.C4H9F3O3SSi.C4H6O3/c1-10(2)16(19)20-7-8-21-17-13(5)11(3)12(4)15(23-17)9-22-14(6)18;1-7(2)12(17)18-4-5-19-13-8(3)10(15)11(16)9(6-14)20-13;1-7-8(2)12(6-16-10(4)14)18-13(9(7)3)17-11(5)15;1-6-7(2)11-12(16-8(3)13-11)17-10(6)5-15-9(4)14;1-3-5(9)6(10)4(2-8)12-7(3)11;1-12(2,3)10-11(8,9)4(5,6)7;1-3(5)7-4(2)6/h11-13,15,17H,1,7-9H2,2-6H3;8-11,13-16H,1,4-6H2,2-3H3;7-9,12-13H,6H2,1-5H3;6-7,10-12H,5H2,1-4H3;3-11H,2H2,1H3;1-3H3;1-2H3/t11-,12-,13?,15?,17+;8?,9?,10-,11-,13-;7-,8-,9?,12?,13+;6-,7-,10?,11?,12-;3?,4?,5-,6-,7-;;/m01001../s1. The molecule has 0 amide bonds. The van der Waals surface area contributed by atoms with Crippen molar-refractivity contribution >= 4 is 72.1 Å². The Morgan fingerprint density at radius 2 is 0.817 bits per heavy atom. The van der Waals surface area contributed by atoms with E-state index in [-0.39, 0.29) is 130 Å². The molecule has 25 atom stereocenters. The average molecular weight is 1620 g/mol. The van der Waals surface area contributed by atoms with Gasteiger partial charge in [0, 0.05) is 83.3 Å². The van der Waals surface area contributed by atoms with Gasteiger partial charge in [-0.2, -0.15) is 21.6 Å². The van der Waals surface area contributed by atoms with Gasteiger partial charge in [0.25, 0.3) is 0 Å². The Bertz CT molecular complexity index is 2990. The normalized spacial score (nSPS) is 32.4. The number of hydrogen-bond donors (Lipinski definition) is 7. The number of carbonyl (C=O) groups is 8. The molecule has 5 saturated heterocycles. The van der Waals surface area contributed by atoms with Crippen LogP contribution in [0.15, 0.2) is 29.3 Å². The molecule has 0 aromatic rings. The Kier molecular flexibility index (Phi) is 46.4. The van der Waals surface area contributed by atoms with Gasteiger partial charge in [-0.25, -0.2) is 14.6 Å². The molecule has 0 aliphatic carbocycles. The number of aliphatic imine (C=N–C) groups is 1. The van der Waals surface area contributed by atoms with Crippen LogP contribution in [0.3, 0.4) is 0 Å². The second-order valence-corrected chi connectivity index (χ2v) is 34.4. The van der Waals surface area contributed by atoms with Crippen LogP contribution in [-0.2, 0) is 123 Å². The van der Waals surface area contributed by atoms with Crippen molar-refractivity contribution < 1.29 is 171 Å². The van der Waals surface area contributed by atoms with E-state index in [4.69, 9.17) is 81.6 Å². The summed E-state index contributed by atoms with van der Waals surface area (Å²) in [7, 11) is -8.10. The lowest BCUT2D eigenvalue weighted by molar-refractivity contribution is -0.283. The Hall–Kier alpha value is -5.73. The van der Waals surface area contributed by atoms with E-state index in [0.29, 0.717) is 34.8 Å². The van der Waals surface area contributed by atoms with Crippen molar-refractivity contribution in [1.82, 2.24) is 0 Å². The number of ether oxygens (including phenoxy) is 15. The Morgan fingerprint density at radius 1 is 0.459 bits per heavy atom. The first-order chi connectivity index (χ1) is 50.1. The molecule has 34 nitrogen and oxygen atoms in total. The maximum absolute atomic E-state index is 11.7. The molecular formula is C70H120F3NO33SSi. The van der Waals surface area contributed by atoms with Crippen LogP contribution in [0.2, 0.25) is 19.6 Å². The van der Waals surface area contributed by atoms with Gasteiger partial charge in [-0.05, 0) is 69.0 Å². The molecule has 39 heteroatoms. The minimum atomic E-state index is -5.39. The molecule has 0 bridgehead atoms. The zero-order valence-electron chi connectivity index (χ0n) is 66.4. The van der Waals surface area contributed by atoms with E-state index in [1.165, 1.54) is 61.2 Å². The molecule has 7 N–H and O–H groups in total. The maximum atomic E-state index is 11.7. The van der Waals surface area contributed by atoms with Crippen molar-refractivity contribution in [1.29, 1.82) is 0 Å². The largest absolute Gasteiger partial charge is 0.522 e. The number of alkyl halides is 3. The minimum Gasteiger partial charge on any atom is -0.463 e. The highest BCUT2D eigenvalue weighted by Gasteiger charge is 2.50. The van der Waals surface area contributed by atoms with Crippen LogP contribution in [0.25, 0.3) is 0 Å². The number of nitrogens with zero attached hydrogens (tertiary/aromatic N) is 1. The lowest BCUT2D eigenvalue weighted by atomic mass is 9.79. The number of halogens is 3. The third-order valence-corrected chi connectivity index (χ3v) is 21.4. The van der Waals surface area contributed by atoms with Gasteiger partial charge in [0.2, 0.25) is 20.9 Å². The van der Waals surface area contributed by atoms with E-state index in [1.54, 1.807) is 27.7 Å². The molecule has 634 valence electrons. The highest BCUT2D eigenvalue weighted by molar-refractivity contribution is 7.88. The summed E-state index contributed by atoms with van der Waals surface area (Å²) < 4.78 is 138. The van der Waals surface area contributed by atoms with Gasteiger partial charge in [0.1, 0.15) is 63.5 Å². The van der Waals surface area contributed by atoms with Gasteiger partial charge in [0.05, 0.1) is 56.9 Å². The zero-order chi connectivity index (χ0) is 84.7. The van der Waals surface area contributed by atoms with Crippen molar-refractivity contribution in [2.24, 2.45) is 64.2 Å². The lowest BCUT2D eigenvalue weighted by Gasteiger charge is -2.43. The molecule has 6 heterocycles. The molecule has 0 aromatic carbocycles. The number of hydrogen-bond acceptors (Lipinski definition) is 34. The van der Waals surface area contributed by atoms with E-state index in [2.05, 4.69) is 75.2 Å². The summed E-state index contributed by atoms with van der Waals surface area (Å²) >= 11 is 0. The highest BCUT2D eigenvalue weighted by Crippen LogP contribution is 2.39. The number of aliphatic hydroxyl groups is 7. The minimum absolute atomic E-state index is 0.0285. The summed E-state index contributed by atoms with van der Waals surface area (Å²) in [5, 5.41) is 65.0. The molecular weight excluding hydrogens is 1500 g/mol. The molecule has 0 radical (unpaired) electrons. The summed E-state index contributed by atoms with van der Waals surface area (Å²) in [5.74, 6) is -1.57. The van der Waals surface area contributed by atoms with Crippen LogP contribution >= 0.6 is 0 Å². The van der Waals surface area contributed by atoms with Crippen LogP contribution in [0, 0.1) is 59.2 Å². The van der Waals surface area contributed by atoms with Crippen molar-refractivity contribution in [3.8, 4) is 0 Å². The topological polar surface area (TPSA) is 472 Å². The Balaban J connectivity index is 0.00000128. The summed E-state index contributed by atoms with van der Waals surface area (Å²) in [4.78, 5) is 90.2. The lowest BCUT2D eigenvalue weighted by Crippen LogP contribution is -2.55. The molecule has 109 heavy (non-hydrogen) atoms. The van der Waals surface area contributed by atoms with Crippen molar-refractivity contribution in [3.05, 3.63) is 24.3 Å². The second kappa shape index (κ2) is 49.0. The number of esters is 8. The molecule has 6 aliphatic rings. The van der Waals surface area contributed by atoms with Crippen LogP contribution in [-0.4, -0.2) is 264 Å². The van der Waals surface area contributed by atoms with Gasteiger partial charge in [-0.1, -0.05) is 82.4 Å². The SMILES string of the molecule is C=C(C)C(=O)OCCO[C@@H]1OC(CO)[C@@H](O)[C@H](O)C1C.C=C(C)C(=O)OCCO[C@@H]1OC(COC(C)=O)[C@@H](C)[C@H](C)C1C.CC(=O)OC(C)=O.CC(=O)OCC1O[C@@H](OC(C)=O)C(C)[C@@H](C)[C@@H]1C.CC(=O)OCC1O[C@@H]2OC(C)=NC2[C@@H](C)[C@@H]1C.CC1[C@H](O)OC(CO)[C@@H](O)[C@@H]1O.C[Si](C)(C)OS(=O)(=O)C(F)(F)F. The van der Waals surface area contributed by atoms with E-state index < -0.39 is 135 Å². The summed E-state index contributed by atoms with van der Waals surface area (Å²) in [6.45, 7) is 44.1. The van der Waals surface area contributed by atoms with Crippen molar-refractivity contribution in [2.45, 2.75) is 249 Å². The fraction of sp³-hybridized carbons (Fsp3) is 0.814. The zero-order valence-corrected chi connectivity index (χ0v) is 68.3. The summed E-state index contributed by atoms with van der Waals surface area (Å²) in [5.41, 5.74) is -4.66. The average Bonchev–Trinajstić information content (AvgIpc) is 1.77. The predicted octanol–water partition coefficient (Wildman–Crippen LogP) is 4.46. The van der Waals surface area contributed by atoms with E-state index in [1.807, 2.05) is 13.8 Å². The molecule has 6 rings (SSSR count). The van der Waals surface area contributed by atoms with Gasteiger partial charge < -0.3 is 111 Å². The van der Waals surface area contributed by atoms with Crippen LogP contribution in [0.1, 0.15) is 132 Å². The second-order valence-electron chi connectivity index (χ2n) is 28.2. The Morgan fingerprint density at radius 3 is 1.17 bits per heavy atom. The van der Waals surface area contributed by atoms with E-state index >= 15 is 0 Å². The molecule has 0 saturated carbocycles. The van der Waals surface area contributed by atoms with Crippen LogP contribution in [0.4, 0.5) is 13.2 Å². The molecule has 5 fully saturated rings. The molecule has 10 unspecified atom stereocenters.